The van der Waals surface area contributed by atoms with E-state index in [-0.39, 0.29) is 30.8 Å². The Morgan fingerprint density at radius 2 is 1.67 bits per heavy atom. The van der Waals surface area contributed by atoms with E-state index in [0.717, 1.165) is 0 Å². The largest absolute Gasteiger partial charge is 0.352 e. The topological polar surface area (TPSA) is 49.4 Å². The van der Waals surface area contributed by atoms with Crippen LogP contribution in [0, 0.1) is 0 Å². The van der Waals surface area contributed by atoms with E-state index in [1.54, 1.807) is 41.3 Å². The first-order valence-corrected chi connectivity index (χ1v) is 11.1. The van der Waals surface area contributed by atoms with Gasteiger partial charge in [0.1, 0.15) is 6.04 Å². The van der Waals surface area contributed by atoms with Crippen molar-refractivity contribution < 1.29 is 9.59 Å². The summed E-state index contributed by atoms with van der Waals surface area (Å²) in [6.45, 7) is 5.80. The number of carbonyl (C=O) groups is 2. The molecule has 2 aromatic carbocycles. The van der Waals surface area contributed by atoms with Crippen molar-refractivity contribution in [2.75, 3.05) is 0 Å². The van der Waals surface area contributed by atoms with Crippen LogP contribution in [0.25, 0.3) is 0 Å². The molecule has 1 N–H and O–H groups in total. The molecule has 0 heterocycles. The molecule has 0 fully saturated rings. The zero-order valence-corrected chi connectivity index (χ0v) is 20.0. The molecule has 1 unspecified atom stereocenters. The Bertz CT molecular complexity index is 918. The second-order valence-electron chi connectivity index (χ2n) is 7.27. The van der Waals surface area contributed by atoms with Gasteiger partial charge in [-0.25, -0.2) is 0 Å². The Hall–Kier alpha value is -1.46. The van der Waals surface area contributed by atoms with Crippen molar-refractivity contribution in [2.24, 2.45) is 0 Å². The summed E-state index contributed by atoms with van der Waals surface area (Å²) in [4.78, 5) is 27.6. The van der Waals surface area contributed by atoms with E-state index in [9.17, 15) is 9.59 Å². The van der Waals surface area contributed by atoms with Gasteiger partial charge in [-0.05, 0) is 55.7 Å². The predicted octanol–water partition coefficient (Wildman–Crippen LogP) is 6.17. The third kappa shape index (κ3) is 6.78. The lowest BCUT2D eigenvalue weighted by atomic mass is 10.1. The maximum absolute atomic E-state index is 13.3. The van der Waals surface area contributed by atoms with Crippen LogP contribution in [0.2, 0.25) is 20.1 Å². The number of nitrogens with zero attached hydrogens (tertiary/aromatic N) is 1. The fraction of sp³-hybridized carbons (Fsp3) is 0.364. The quantitative estimate of drug-likeness (QED) is 0.481. The molecule has 162 valence electrons. The van der Waals surface area contributed by atoms with Crippen molar-refractivity contribution in [2.45, 2.75) is 52.2 Å². The molecule has 0 aliphatic rings. The average molecular weight is 490 g/mol. The van der Waals surface area contributed by atoms with Crippen LogP contribution in [0.5, 0.6) is 0 Å². The SMILES string of the molecule is CCC(C(=O)NC(C)C)N(Cc1ccc(Cl)cc1Cl)C(=O)Cc1ccc(Cl)c(Cl)c1. The van der Waals surface area contributed by atoms with E-state index >= 15 is 0 Å². The number of nitrogens with one attached hydrogen (secondary N) is 1. The number of hydrogen-bond donors (Lipinski definition) is 1. The number of carbonyl (C=O) groups excluding carboxylic acids is 2. The molecule has 30 heavy (non-hydrogen) atoms. The fourth-order valence-corrected chi connectivity index (χ4v) is 3.85. The lowest BCUT2D eigenvalue weighted by Gasteiger charge is -2.31. The molecular formula is C22H24Cl4N2O2. The molecule has 4 nitrogen and oxygen atoms in total. The van der Waals surface area contributed by atoms with E-state index in [1.807, 2.05) is 20.8 Å². The van der Waals surface area contributed by atoms with Gasteiger partial charge in [0.15, 0.2) is 0 Å². The highest BCUT2D eigenvalue weighted by atomic mass is 35.5. The standard InChI is InChI=1S/C22H24Cl4N2O2/c1-4-20(22(30)27-13(2)3)28(12-15-6-7-16(23)11-18(15)25)21(29)10-14-5-8-17(24)19(26)9-14/h5-9,11,13,20H,4,10,12H2,1-3H3,(H,27,30). The minimum absolute atomic E-state index is 0.0438. The minimum atomic E-state index is -0.644. The molecule has 2 rings (SSSR count). The molecule has 8 heteroatoms. The number of hydrogen-bond acceptors (Lipinski definition) is 2. The Morgan fingerprint density at radius 1 is 0.967 bits per heavy atom. The van der Waals surface area contributed by atoms with Gasteiger partial charge in [0.05, 0.1) is 16.5 Å². The maximum atomic E-state index is 13.3. The second-order valence-corrected chi connectivity index (χ2v) is 8.93. The third-order valence-corrected chi connectivity index (χ3v) is 5.84. The summed E-state index contributed by atoms with van der Waals surface area (Å²) in [5.41, 5.74) is 1.42. The van der Waals surface area contributed by atoms with Gasteiger partial charge >= 0.3 is 0 Å². The monoisotopic (exact) mass is 488 g/mol. The van der Waals surface area contributed by atoms with Gasteiger partial charge in [-0.3, -0.25) is 9.59 Å². The molecule has 2 amide bonds. The molecule has 2 aromatic rings. The van der Waals surface area contributed by atoms with Crippen molar-refractivity contribution in [3.8, 4) is 0 Å². The lowest BCUT2D eigenvalue weighted by Crippen LogP contribution is -2.50. The van der Waals surface area contributed by atoms with Gasteiger partial charge in [0.25, 0.3) is 0 Å². The predicted molar refractivity (Wildman–Crippen MR) is 125 cm³/mol. The van der Waals surface area contributed by atoms with Gasteiger partial charge in [0.2, 0.25) is 11.8 Å². The molecule has 0 aromatic heterocycles. The number of amides is 2. The Morgan fingerprint density at radius 3 is 2.23 bits per heavy atom. The molecule has 0 spiro atoms. The molecule has 0 saturated heterocycles. The fourth-order valence-electron chi connectivity index (χ4n) is 3.06. The summed E-state index contributed by atoms with van der Waals surface area (Å²) in [6, 6.07) is 9.45. The molecule has 0 bridgehead atoms. The number of rotatable bonds is 8. The van der Waals surface area contributed by atoms with Gasteiger partial charge in [-0.15, -0.1) is 0 Å². The minimum Gasteiger partial charge on any atom is -0.352 e. The van der Waals surface area contributed by atoms with E-state index in [1.165, 1.54) is 0 Å². The number of benzene rings is 2. The Labute approximate surface area is 197 Å². The van der Waals surface area contributed by atoms with Crippen LogP contribution >= 0.6 is 46.4 Å². The highest BCUT2D eigenvalue weighted by Gasteiger charge is 2.29. The summed E-state index contributed by atoms with van der Waals surface area (Å²) in [5.74, 6) is -0.426. The van der Waals surface area contributed by atoms with Crippen molar-refractivity contribution >= 4 is 58.2 Å². The number of halogens is 4. The van der Waals surface area contributed by atoms with Gasteiger partial charge in [-0.2, -0.15) is 0 Å². The van der Waals surface area contributed by atoms with Crippen LogP contribution in [-0.2, 0) is 22.6 Å². The van der Waals surface area contributed by atoms with E-state index in [4.69, 9.17) is 46.4 Å². The average Bonchev–Trinajstić information content (AvgIpc) is 2.65. The van der Waals surface area contributed by atoms with E-state index in [0.29, 0.717) is 37.6 Å². The molecule has 0 saturated carbocycles. The summed E-state index contributed by atoms with van der Waals surface area (Å²) in [7, 11) is 0. The van der Waals surface area contributed by atoms with Crippen LogP contribution in [0.3, 0.4) is 0 Å². The highest BCUT2D eigenvalue weighted by molar-refractivity contribution is 6.42. The smallest absolute Gasteiger partial charge is 0.243 e. The Kier molecular flexibility index (Phi) is 9.30. The van der Waals surface area contributed by atoms with Crippen LogP contribution < -0.4 is 5.32 Å². The highest BCUT2D eigenvalue weighted by Crippen LogP contribution is 2.26. The molecule has 1 atom stereocenters. The van der Waals surface area contributed by atoms with Crippen LogP contribution in [0.15, 0.2) is 36.4 Å². The van der Waals surface area contributed by atoms with Crippen molar-refractivity contribution in [1.29, 1.82) is 0 Å². The lowest BCUT2D eigenvalue weighted by molar-refractivity contribution is -0.141. The molecular weight excluding hydrogens is 466 g/mol. The van der Waals surface area contributed by atoms with Crippen LogP contribution in [0.1, 0.15) is 38.3 Å². The van der Waals surface area contributed by atoms with E-state index in [2.05, 4.69) is 5.32 Å². The normalized spacial score (nSPS) is 12.0. The molecule has 0 aliphatic heterocycles. The summed E-state index contributed by atoms with van der Waals surface area (Å²) >= 11 is 24.4. The van der Waals surface area contributed by atoms with Crippen LogP contribution in [0.4, 0.5) is 0 Å². The van der Waals surface area contributed by atoms with Gasteiger partial charge in [0, 0.05) is 22.6 Å². The first kappa shape index (κ1) is 24.8. The first-order valence-electron chi connectivity index (χ1n) is 9.60. The van der Waals surface area contributed by atoms with Gasteiger partial charge < -0.3 is 10.2 Å². The second kappa shape index (κ2) is 11.2. The first-order chi connectivity index (χ1) is 14.1. The third-order valence-electron chi connectivity index (χ3n) is 4.51. The van der Waals surface area contributed by atoms with Crippen molar-refractivity contribution in [3.05, 3.63) is 67.6 Å². The maximum Gasteiger partial charge on any atom is 0.243 e. The van der Waals surface area contributed by atoms with E-state index < -0.39 is 6.04 Å². The summed E-state index contributed by atoms with van der Waals surface area (Å²) < 4.78 is 0. The van der Waals surface area contributed by atoms with Crippen LogP contribution in [-0.4, -0.2) is 28.8 Å². The molecule has 0 radical (unpaired) electrons. The molecule has 0 aliphatic carbocycles. The van der Waals surface area contributed by atoms with Gasteiger partial charge in [-0.1, -0.05) is 65.5 Å². The van der Waals surface area contributed by atoms with Crippen molar-refractivity contribution in [1.82, 2.24) is 10.2 Å². The summed E-state index contributed by atoms with van der Waals surface area (Å²) in [6.07, 6.45) is 0.532. The zero-order valence-electron chi connectivity index (χ0n) is 17.0. The Balaban J connectivity index is 2.35. The summed E-state index contributed by atoms with van der Waals surface area (Å²) in [5, 5.41) is 4.63. The zero-order chi connectivity index (χ0) is 22.4. The van der Waals surface area contributed by atoms with Crippen molar-refractivity contribution in [3.63, 3.8) is 0 Å².